The van der Waals surface area contributed by atoms with Crippen LogP contribution in [-0.4, -0.2) is 21.1 Å². The first-order chi connectivity index (χ1) is 14.8. The van der Waals surface area contributed by atoms with Crippen LogP contribution in [0.3, 0.4) is 0 Å². The molecule has 0 spiro atoms. The third kappa shape index (κ3) is 5.58. The van der Waals surface area contributed by atoms with Crippen LogP contribution in [0.2, 0.25) is 0 Å². The predicted molar refractivity (Wildman–Crippen MR) is 121 cm³/mol. The van der Waals surface area contributed by atoms with E-state index in [-0.39, 0.29) is 0 Å². The number of benzene rings is 3. The minimum Gasteiger partial charge on any atom is -0.489 e. The molecule has 0 unspecified atom stereocenters. The predicted octanol–water partition coefficient (Wildman–Crippen LogP) is 5.34. The lowest BCUT2D eigenvalue weighted by Crippen LogP contribution is -1.95. The number of hydrogen-bond donors (Lipinski definition) is 0. The van der Waals surface area contributed by atoms with Gasteiger partial charge in [-0.1, -0.05) is 71.9 Å². The second-order valence-corrected chi connectivity index (χ2v) is 7.76. The highest BCUT2D eigenvalue weighted by Crippen LogP contribution is 2.21. The standard InChI is InChI=1S/C24H22N4OS/c1-19-7-9-22(10-8-19)17-30-24-27-25-18-28(24)26-15-20-11-13-23(14-12-20)29-16-21-5-3-2-4-6-21/h2-15,18H,16-17H2,1H3/b26-15+. The van der Waals surface area contributed by atoms with Crippen LogP contribution in [-0.2, 0) is 12.4 Å². The monoisotopic (exact) mass is 414 g/mol. The van der Waals surface area contributed by atoms with Crippen LogP contribution in [0, 0.1) is 6.92 Å². The minimum absolute atomic E-state index is 0.552. The SMILES string of the molecule is Cc1ccc(CSc2nncn2/N=C/c2ccc(OCc3ccccc3)cc2)cc1. The molecule has 5 nitrogen and oxygen atoms in total. The Morgan fingerprint density at radius 3 is 2.47 bits per heavy atom. The molecule has 4 rings (SSSR count). The molecule has 0 bridgehead atoms. The third-order valence-electron chi connectivity index (χ3n) is 4.45. The molecule has 0 radical (unpaired) electrons. The summed E-state index contributed by atoms with van der Waals surface area (Å²) in [6, 6.07) is 26.5. The molecule has 4 aromatic rings. The van der Waals surface area contributed by atoms with Crippen LogP contribution in [0.1, 0.15) is 22.3 Å². The van der Waals surface area contributed by atoms with Crippen molar-refractivity contribution in [2.75, 3.05) is 0 Å². The fourth-order valence-corrected chi connectivity index (χ4v) is 3.57. The van der Waals surface area contributed by atoms with Crippen LogP contribution in [0.15, 0.2) is 95.4 Å². The van der Waals surface area contributed by atoms with Gasteiger partial charge in [0.1, 0.15) is 18.7 Å². The molecule has 0 amide bonds. The Kier molecular flexibility index (Phi) is 6.57. The van der Waals surface area contributed by atoms with Gasteiger partial charge >= 0.3 is 0 Å². The highest BCUT2D eigenvalue weighted by Gasteiger charge is 2.04. The van der Waals surface area contributed by atoms with Crippen molar-refractivity contribution in [2.24, 2.45) is 5.10 Å². The molecule has 0 N–H and O–H groups in total. The van der Waals surface area contributed by atoms with Crippen molar-refractivity contribution in [2.45, 2.75) is 24.4 Å². The zero-order valence-electron chi connectivity index (χ0n) is 16.7. The Labute approximate surface area is 180 Å². The van der Waals surface area contributed by atoms with Crippen LogP contribution in [0.4, 0.5) is 0 Å². The zero-order valence-corrected chi connectivity index (χ0v) is 17.5. The number of aromatic nitrogens is 3. The van der Waals surface area contributed by atoms with Crippen LogP contribution in [0.5, 0.6) is 5.75 Å². The van der Waals surface area contributed by atoms with Crippen molar-refractivity contribution < 1.29 is 4.74 Å². The van der Waals surface area contributed by atoms with Crippen molar-refractivity contribution >= 4 is 18.0 Å². The zero-order chi connectivity index (χ0) is 20.6. The molecule has 0 saturated carbocycles. The maximum absolute atomic E-state index is 5.82. The molecule has 150 valence electrons. The van der Waals surface area contributed by atoms with Gasteiger partial charge in [-0.15, -0.1) is 10.2 Å². The second kappa shape index (κ2) is 9.89. The Balaban J connectivity index is 1.33. The molecular weight excluding hydrogens is 392 g/mol. The average molecular weight is 415 g/mol. The largest absolute Gasteiger partial charge is 0.489 e. The number of ether oxygens (including phenoxy) is 1. The van der Waals surface area contributed by atoms with E-state index >= 15 is 0 Å². The first-order valence-electron chi connectivity index (χ1n) is 9.66. The van der Waals surface area contributed by atoms with Crippen LogP contribution >= 0.6 is 11.8 Å². The summed E-state index contributed by atoms with van der Waals surface area (Å²) in [5.74, 6) is 1.65. The van der Waals surface area contributed by atoms with Gasteiger partial charge < -0.3 is 4.74 Å². The summed E-state index contributed by atoms with van der Waals surface area (Å²) in [7, 11) is 0. The Bertz CT molecular complexity index is 1090. The van der Waals surface area contributed by atoms with Crippen LogP contribution < -0.4 is 4.74 Å². The number of nitrogens with zero attached hydrogens (tertiary/aromatic N) is 4. The molecule has 3 aromatic carbocycles. The van der Waals surface area contributed by atoms with Crippen molar-refractivity contribution in [3.8, 4) is 5.75 Å². The fourth-order valence-electron chi connectivity index (χ4n) is 2.75. The maximum Gasteiger partial charge on any atom is 0.212 e. The van der Waals surface area contributed by atoms with E-state index in [1.165, 1.54) is 11.1 Å². The molecule has 1 aromatic heterocycles. The lowest BCUT2D eigenvalue weighted by Gasteiger charge is -2.06. The quantitative estimate of drug-likeness (QED) is 0.288. The number of hydrogen-bond acceptors (Lipinski definition) is 5. The summed E-state index contributed by atoms with van der Waals surface area (Å²) in [5.41, 5.74) is 4.62. The maximum atomic E-state index is 5.82. The van der Waals surface area contributed by atoms with Gasteiger partial charge in [-0.3, -0.25) is 0 Å². The average Bonchev–Trinajstić information content (AvgIpc) is 3.25. The van der Waals surface area contributed by atoms with Gasteiger partial charge in [0.25, 0.3) is 0 Å². The lowest BCUT2D eigenvalue weighted by molar-refractivity contribution is 0.306. The van der Waals surface area contributed by atoms with Gasteiger partial charge in [0.05, 0.1) is 6.21 Å². The highest BCUT2D eigenvalue weighted by molar-refractivity contribution is 7.98. The Morgan fingerprint density at radius 1 is 0.933 bits per heavy atom. The van der Waals surface area contributed by atoms with Gasteiger partial charge in [0, 0.05) is 5.75 Å². The molecule has 0 aliphatic heterocycles. The first kappa shape index (κ1) is 19.9. The summed E-state index contributed by atoms with van der Waals surface area (Å²) >= 11 is 1.61. The summed E-state index contributed by atoms with van der Waals surface area (Å²) in [6.07, 6.45) is 3.41. The van der Waals surface area contributed by atoms with E-state index in [1.54, 1.807) is 29.0 Å². The van der Waals surface area contributed by atoms with Gasteiger partial charge in [-0.2, -0.15) is 9.78 Å². The number of thioether (sulfide) groups is 1. The second-order valence-electron chi connectivity index (χ2n) is 6.82. The van der Waals surface area contributed by atoms with Gasteiger partial charge in [0.2, 0.25) is 5.16 Å². The van der Waals surface area contributed by atoms with E-state index < -0.39 is 0 Å². The van der Waals surface area contributed by atoms with E-state index in [2.05, 4.69) is 58.6 Å². The van der Waals surface area contributed by atoms with Gasteiger partial charge in [-0.05, 0) is 47.9 Å². The summed E-state index contributed by atoms with van der Waals surface area (Å²) in [5, 5.41) is 13.4. The molecule has 0 aliphatic carbocycles. The van der Waals surface area contributed by atoms with E-state index in [9.17, 15) is 0 Å². The van der Waals surface area contributed by atoms with Crippen molar-refractivity contribution in [3.63, 3.8) is 0 Å². The lowest BCUT2D eigenvalue weighted by atomic mass is 10.2. The smallest absolute Gasteiger partial charge is 0.212 e. The topological polar surface area (TPSA) is 52.3 Å². The molecule has 0 aliphatic rings. The number of aryl methyl sites for hydroxylation is 1. The molecule has 0 fully saturated rings. The number of rotatable bonds is 8. The van der Waals surface area contributed by atoms with E-state index in [0.29, 0.717) is 6.61 Å². The minimum atomic E-state index is 0.552. The van der Waals surface area contributed by atoms with E-state index in [4.69, 9.17) is 4.74 Å². The Hall–Kier alpha value is -3.38. The molecule has 30 heavy (non-hydrogen) atoms. The van der Waals surface area contributed by atoms with Gasteiger partial charge in [0.15, 0.2) is 0 Å². The van der Waals surface area contributed by atoms with Crippen LogP contribution in [0.25, 0.3) is 0 Å². The van der Waals surface area contributed by atoms with Gasteiger partial charge in [-0.25, -0.2) is 0 Å². The molecule has 0 atom stereocenters. The molecular formula is C24H22N4OS. The summed E-state index contributed by atoms with van der Waals surface area (Å²) < 4.78 is 7.52. The fraction of sp³-hybridized carbons (Fsp3) is 0.125. The highest BCUT2D eigenvalue weighted by atomic mass is 32.2. The first-order valence-corrected chi connectivity index (χ1v) is 10.6. The summed E-state index contributed by atoms with van der Waals surface area (Å²) in [4.78, 5) is 0. The van der Waals surface area contributed by atoms with Crippen molar-refractivity contribution in [1.29, 1.82) is 0 Å². The van der Waals surface area contributed by atoms with E-state index in [1.807, 2.05) is 42.5 Å². The molecule has 0 saturated heterocycles. The van der Waals surface area contributed by atoms with Crippen molar-refractivity contribution in [1.82, 2.24) is 14.9 Å². The Morgan fingerprint density at radius 2 is 1.70 bits per heavy atom. The molecule has 6 heteroatoms. The normalized spacial score (nSPS) is 11.1. The summed E-state index contributed by atoms with van der Waals surface area (Å²) in [6.45, 7) is 2.64. The third-order valence-corrected chi connectivity index (χ3v) is 5.45. The van der Waals surface area contributed by atoms with Crippen molar-refractivity contribution in [3.05, 3.63) is 107 Å². The molecule has 1 heterocycles. The van der Waals surface area contributed by atoms with E-state index in [0.717, 1.165) is 27.8 Å².